The van der Waals surface area contributed by atoms with Crippen molar-refractivity contribution in [3.05, 3.63) is 54.3 Å². The fourth-order valence-electron chi connectivity index (χ4n) is 2.10. The quantitative estimate of drug-likeness (QED) is 0.816. The molecule has 0 unspecified atom stereocenters. The number of nitrogens with one attached hydrogen (secondary N) is 1. The summed E-state index contributed by atoms with van der Waals surface area (Å²) in [6.07, 6.45) is -0.193. The van der Waals surface area contributed by atoms with E-state index in [1.807, 2.05) is 13.8 Å². The second kappa shape index (κ2) is 8.11. The number of sulfone groups is 1. The number of hydrogen-bond donors (Lipinski definition) is 1. The summed E-state index contributed by atoms with van der Waals surface area (Å²) >= 11 is 0. The molecule has 0 aliphatic rings. The Balaban J connectivity index is 1.94. The van der Waals surface area contributed by atoms with Crippen LogP contribution in [0.25, 0.3) is 0 Å². The first-order valence-corrected chi connectivity index (χ1v) is 9.46. The lowest BCUT2D eigenvalue weighted by atomic mass is 10.3. The van der Waals surface area contributed by atoms with E-state index in [0.717, 1.165) is 0 Å². The molecule has 0 aromatic heterocycles. The lowest BCUT2D eigenvalue weighted by molar-refractivity contribution is -0.115. The molecule has 0 bridgehead atoms. The van der Waals surface area contributed by atoms with E-state index in [0.29, 0.717) is 11.4 Å². The van der Waals surface area contributed by atoms with Crippen LogP contribution >= 0.6 is 0 Å². The average Bonchev–Trinajstić information content (AvgIpc) is 2.55. The van der Waals surface area contributed by atoms with Crippen LogP contribution in [-0.4, -0.2) is 26.2 Å². The summed E-state index contributed by atoms with van der Waals surface area (Å²) in [5, 5.41) is 2.53. The van der Waals surface area contributed by atoms with Crippen molar-refractivity contribution in [3.63, 3.8) is 0 Å². The third-order valence-electron chi connectivity index (χ3n) is 3.28. The molecule has 5 nitrogen and oxygen atoms in total. The number of amides is 1. The second-order valence-corrected chi connectivity index (χ2v) is 7.87. The van der Waals surface area contributed by atoms with Crippen LogP contribution < -0.4 is 10.1 Å². The number of ether oxygens (including phenoxy) is 1. The van der Waals surface area contributed by atoms with Gasteiger partial charge in [0.1, 0.15) is 11.6 Å². The van der Waals surface area contributed by atoms with Crippen LogP contribution in [0.15, 0.2) is 53.4 Å². The van der Waals surface area contributed by atoms with E-state index in [1.54, 1.807) is 12.1 Å². The van der Waals surface area contributed by atoms with Crippen LogP contribution in [0.1, 0.15) is 20.3 Å². The molecule has 0 aliphatic carbocycles. The zero-order valence-electron chi connectivity index (χ0n) is 14.0. The van der Waals surface area contributed by atoms with Gasteiger partial charge in [-0.25, -0.2) is 12.8 Å². The van der Waals surface area contributed by atoms with Gasteiger partial charge in [-0.1, -0.05) is 0 Å². The van der Waals surface area contributed by atoms with Crippen molar-refractivity contribution < 1.29 is 22.3 Å². The van der Waals surface area contributed by atoms with Gasteiger partial charge in [0.05, 0.1) is 16.8 Å². The Morgan fingerprint density at radius 1 is 1.08 bits per heavy atom. The van der Waals surface area contributed by atoms with E-state index in [2.05, 4.69) is 5.32 Å². The van der Waals surface area contributed by atoms with Crippen molar-refractivity contribution in [1.29, 1.82) is 0 Å². The molecule has 0 aliphatic heterocycles. The molecule has 0 radical (unpaired) electrons. The highest BCUT2D eigenvalue weighted by Gasteiger charge is 2.17. The van der Waals surface area contributed by atoms with Crippen LogP contribution in [0.5, 0.6) is 5.75 Å². The van der Waals surface area contributed by atoms with Crippen LogP contribution in [0.3, 0.4) is 0 Å². The second-order valence-electron chi connectivity index (χ2n) is 5.76. The van der Waals surface area contributed by atoms with Crippen molar-refractivity contribution in [2.24, 2.45) is 0 Å². The van der Waals surface area contributed by atoms with Gasteiger partial charge in [-0.3, -0.25) is 4.79 Å². The summed E-state index contributed by atoms with van der Waals surface area (Å²) in [6, 6.07) is 11.4. The molecule has 2 aromatic rings. The van der Waals surface area contributed by atoms with Gasteiger partial charge in [-0.05, 0) is 62.4 Å². The zero-order valence-corrected chi connectivity index (χ0v) is 14.8. The molecule has 0 spiro atoms. The lowest BCUT2D eigenvalue weighted by Gasteiger charge is -2.10. The molecule has 0 saturated carbocycles. The lowest BCUT2D eigenvalue weighted by Crippen LogP contribution is -2.17. The predicted molar refractivity (Wildman–Crippen MR) is 93.9 cm³/mol. The van der Waals surface area contributed by atoms with Gasteiger partial charge in [-0.15, -0.1) is 0 Å². The molecular weight excluding hydrogens is 345 g/mol. The summed E-state index contributed by atoms with van der Waals surface area (Å²) in [5.41, 5.74) is 0.416. The number of hydrogen-bond acceptors (Lipinski definition) is 4. The highest BCUT2D eigenvalue weighted by Crippen LogP contribution is 2.19. The maximum Gasteiger partial charge on any atom is 0.225 e. The highest BCUT2D eigenvalue weighted by atomic mass is 32.2. The topological polar surface area (TPSA) is 72.5 Å². The van der Waals surface area contributed by atoms with E-state index in [9.17, 15) is 17.6 Å². The molecule has 134 valence electrons. The Kier molecular flexibility index (Phi) is 6.14. The van der Waals surface area contributed by atoms with Crippen molar-refractivity contribution in [2.75, 3.05) is 11.1 Å². The summed E-state index contributed by atoms with van der Waals surface area (Å²) in [5.74, 6) is -0.590. The first-order chi connectivity index (χ1) is 11.8. The minimum absolute atomic E-state index is 0.00221. The molecule has 0 atom stereocenters. The molecule has 1 N–H and O–H groups in total. The SMILES string of the molecule is CC(C)Oc1ccc(S(=O)(=O)CCC(=O)Nc2ccc(F)cc2)cc1. The Morgan fingerprint density at radius 2 is 1.68 bits per heavy atom. The van der Waals surface area contributed by atoms with Crippen LogP contribution in [0.2, 0.25) is 0 Å². The first kappa shape index (κ1) is 18.9. The minimum Gasteiger partial charge on any atom is -0.491 e. The third-order valence-corrected chi connectivity index (χ3v) is 5.01. The Labute approximate surface area is 146 Å². The van der Waals surface area contributed by atoms with Gasteiger partial charge in [-0.2, -0.15) is 0 Å². The summed E-state index contributed by atoms with van der Waals surface area (Å²) < 4.78 is 42.9. The monoisotopic (exact) mass is 365 g/mol. The molecule has 25 heavy (non-hydrogen) atoms. The molecular formula is C18H20FNO4S. The van der Waals surface area contributed by atoms with E-state index in [4.69, 9.17) is 4.74 Å². The zero-order chi connectivity index (χ0) is 18.4. The van der Waals surface area contributed by atoms with Gasteiger partial charge in [0.25, 0.3) is 0 Å². The fourth-order valence-corrected chi connectivity index (χ4v) is 3.34. The van der Waals surface area contributed by atoms with Crippen molar-refractivity contribution in [1.82, 2.24) is 0 Å². The highest BCUT2D eigenvalue weighted by molar-refractivity contribution is 7.91. The summed E-state index contributed by atoms with van der Waals surface area (Å²) in [6.45, 7) is 3.76. The van der Waals surface area contributed by atoms with Gasteiger partial charge < -0.3 is 10.1 Å². The third kappa shape index (κ3) is 5.86. The van der Waals surface area contributed by atoms with Crippen LogP contribution in [0, 0.1) is 5.82 Å². The maximum absolute atomic E-state index is 12.8. The van der Waals surface area contributed by atoms with E-state index >= 15 is 0 Å². The molecule has 1 amide bonds. The first-order valence-electron chi connectivity index (χ1n) is 7.81. The Hall–Kier alpha value is -2.41. The Morgan fingerprint density at radius 3 is 2.24 bits per heavy atom. The molecule has 0 fully saturated rings. The van der Waals surface area contributed by atoms with Gasteiger partial charge >= 0.3 is 0 Å². The number of rotatable bonds is 7. The molecule has 2 rings (SSSR count). The molecule has 0 saturated heterocycles. The predicted octanol–water partition coefficient (Wildman–Crippen LogP) is 3.42. The average molecular weight is 365 g/mol. The van der Waals surface area contributed by atoms with E-state index < -0.39 is 21.6 Å². The number of benzene rings is 2. The minimum atomic E-state index is -3.58. The van der Waals surface area contributed by atoms with Crippen LogP contribution in [-0.2, 0) is 14.6 Å². The van der Waals surface area contributed by atoms with E-state index in [1.165, 1.54) is 36.4 Å². The number of anilines is 1. The molecule has 2 aromatic carbocycles. The van der Waals surface area contributed by atoms with E-state index in [-0.39, 0.29) is 23.2 Å². The summed E-state index contributed by atoms with van der Waals surface area (Å²) in [7, 11) is -3.58. The summed E-state index contributed by atoms with van der Waals surface area (Å²) in [4.78, 5) is 12.0. The number of carbonyl (C=O) groups excluding carboxylic acids is 1. The van der Waals surface area contributed by atoms with Crippen molar-refractivity contribution in [3.8, 4) is 5.75 Å². The smallest absolute Gasteiger partial charge is 0.225 e. The molecule has 0 heterocycles. The number of carbonyl (C=O) groups is 1. The number of halogens is 1. The van der Waals surface area contributed by atoms with Gasteiger partial charge in [0, 0.05) is 12.1 Å². The van der Waals surface area contributed by atoms with Crippen molar-refractivity contribution >= 4 is 21.4 Å². The largest absolute Gasteiger partial charge is 0.491 e. The normalized spacial score (nSPS) is 11.4. The fraction of sp³-hybridized carbons (Fsp3) is 0.278. The van der Waals surface area contributed by atoms with Gasteiger partial charge in [0.2, 0.25) is 5.91 Å². The van der Waals surface area contributed by atoms with Crippen LogP contribution in [0.4, 0.5) is 10.1 Å². The van der Waals surface area contributed by atoms with Gasteiger partial charge in [0.15, 0.2) is 9.84 Å². The van der Waals surface area contributed by atoms with Crippen molar-refractivity contribution in [2.45, 2.75) is 31.3 Å². The standard InChI is InChI=1S/C18H20FNO4S/c1-13(2)24-16-7-9-17(10-8-16)25(22,23)12-11-18(21)20-15-5-3-14(19)4-6-15/h3-10,13H,11-12H2,1-2H3,(H,20,21). The molecule has 7 heteroatoms. The maximum atomic E-state index is 12.8. The Bertz CT molecular complexity index is 815.